The van der Waals surface area contributed by atoms with Gasteiger partial charge in [0.15, 0.2) is 0 Å². The van der Waals surface area contributed by atoms with Crippen molar-refractivity contribution >= 4 is 6.09 Å². The number of benzene rings is 1. The first kappa shape index (κ1) is 15.8. The van der Waals surface area contributed by atoms with Gasteiger partial charge in [-0.1, -0.05) is 38.0 Å². The van der Waals surface area contributed by atoms with Gasteiger partial charge in [-0.2, -0.15) is 0 Å². The van der Waals surface area contributed by atoms with Crippen LogP contribution in [0.2, 0.25) is 0 Å². The largest absolute Gasteiger partial charge is 0.449 e. The fraction of sp³-hybridized carbons (Fsp3) is 0.474. The molecule has 1 aliphatic rings. The molecule has 0 aliphatic heterocycles. The Kier molecular flexibility index (Phi) is 4.51. The molecule has 23 heavy (non-hydrogen) atoms. The molecule has 4 heteroatoms. The molecule has 0 bridgehead atoms. The number of nitrogens with zero attached hydrogens (tertiary/aromatic N) is 2. The number of hydrogen-bond acceptors (Lipinski definition) is 3. The van der Waals surface area contributed by atoms with E-state index < -0.39 is 0 Å². The van der Waals surface area contributed by atoms with Crippen LogP contribution in [0.15, 0.2) is 30.6 Å². The number of carbonyl (C=O) groups excluding carboxylic acids is 1. The summed E-state index contributed by atoms with van der Waals surface area (Å²) in [5.74, 6) is 1.54. The van der Waals surface area contributed by atoms with Gasteiger partial charge < -0.3 is 4.74 Å². The Morgan fingerprint density at radius 1 is 1.39 bits per heavy atom. The number of rotatable bonds is 5. The van der Waals surface area contributed by atoms with Gasteiger partial charge in [0.25, 0.3) is 0 Å². The van der Waals surface area contributed by atoms with Crippen molar-refractivity contribution in [2.24, 2.45) is 5.92 Å². The third-order valence-corrected chi connectivity index (χ3v) is 4.81. The standard InChI is InChI=1S/C19H24N2O2/c1-13-5-4-6-17(14(13)2)15(3)18-20-10-11-21(18)19(22)23-12-9-16-7-8-16/h4-6,10-11,15-16H,7-9,12H2,1-3H3/t15-/m0/s1. The lowest BCUT2D eigenvalue weighted by Gasteiger charge is -2.17. The molecule has 1 atom stereocenters. The maximum absolute atomic E-state index is 12.3. The fourth-order valence-corrected chi connectivity index (χ4v) is 2.96. The lowest BCUT2D eigenvalue weighted by Crippen LogP contribution is -2.19. The zero-order valence-corrected chi connectivity index (χ0v) is 14.1. The Morgan fingerprint density at radius 3 is 2.91 bits per heavy atom. The van der Waals surface area contributed by atoms with Gasteiger partial charge in [0, 0.05) is 18.3 Å². The molecule has 1 fully saturated rings. The van der Waals surface area contributed by atoms with Gasteiger partial charge in [0.2, 0.25) is 0 Å². The average molecular weight is 312 g/mol. The highest BCUT2D eigenvalue weighted by Gasteiger charge is 2.23. The van der Waals surface area contributed by atoms with Crippen LogP contribution in [0.4, 0.5) is 4.79 Å². The molecular weight excluding hydrogens is 288 g/mol. The van der Waals surface area contributed by atoms with Crippen molar-refractivity contribution in [3.8, 4) is 0 Å². The molecule has 2 aromatic rings. The van der Waals surface area contributed by atoms with Gasteiger partial charge >= 0.3 is 6.09 Å². The van der Waals surface area contributed by atoms with Crippen molar-refractivity contribution in [3.05, 3.63) is 53.1 Å². The van der Waals surface area contributed by atoms with Crippen LogP contribution in [0.3, 0.4) is 0 Å². The van der Waals surface area contributed by atoms with Crippen molar-refractivity contribution in [2.75, 3.05) is 6.61 Å². The van der Waals surface area contributed by atoms with E-state index in [0.29, 0.717) is 6.61 Å². The van der Waals surface area contributed by atoms with Crippen LogP contribution < -0.4 is 0 Å². The first-order chi connectivity index (χ1) is 11.1. The summed E-state index contributed by atoms with van der Waals surface area (Å²) in [7, 11) is 0. The van der Waals surface area contributed by atoms with Gasteiger partial charge in [0.1, 0.15) is 5.82 Å². The van der Waals surface area contributed by atoms with Crippen molar-refractivity contribution in [3.63, 3.8) is 0 Å². The molecular formula is C19H24N2O2. The lowest BCUT2D eigenvalue weighted by atomic mass is 9.93. The summed E-state index contributed by atoms with van der Waals surface area (Å²) in [5, 5.41) is 0. The van der Waals surface area contributed by atoms with Crippen LogP contribution in [0, 0.1) is 19.8 Å². The maximum atomic E-state index is 12.3. The van der Waals surface area contributed by atoms with Gasteiger partial charge in [-0.3, -0.25) is 0 Å². The molecule has 1 aromatic heterocycles. The summed E-state index contributed by atoms with van der Waals surface area (Å²) in [5.41, 5.74) is 3.69. The second-order valence-electron chi connectivity index (χ2n) is 6.51. The van der Waals surface area contributed by atoms with Gasteiger partial charge in [0.05, 0.1) is 6.61 Å². The number of aromatic nitrogens is 2. The van der Waals surface area contributed by atoms with E-state index in [0.717, 1.165) is 18.2 Å². The zero-order valence-electron chi connectivity index (χ0n) is 14.1. The highest BCUT2D eigenvalue weighted by Crippen LogP contribution is 2.32. The zero-order chi connectivity index (χ0) is 16.4. The van der Waals surface area contributed by atoms with Crippen molar-refractivity contribution in [1.82, 2.24) is 9.55 Å². The van der Waals surface area contributed by atoms with Crippen LogP contribution >= 0.6 is 0 Å². The lowest BCUT2D eigenvalue weighted by molar-refractivity contribution is 0.143. The third kappa shape index (κ3) is 3.46. The minimum absolute atomic E-state index is 0.0425. The van der Waals surface area contributed by atoms with E-state index >= 15 is 0 Å². The number of imidazole rings is 1. The quantitative estimate of drug-likeness (QED) is 0.820. The second-order valence-corrected chi connectivity index (χ2v) is 6.51. The highest BCUT2D eigenvalue weighted by atomic mass is 16.5. The average Bonchev–Trinajstić information content (AvgIpc) is 3.22. The topological polar surface area (TPSA) is 44.1 Å². The molecule has 1 heterocycles. The first-order valence-electron chi connectivity index (χ1n) is 8.34. The van der Waals surface area contributed by atoms with Crippen LogP contribution in [-0.2, 0) is 4.74 Å². The van der Waals surface area contributed by atoms with Crippen molar-refractivity contribution in [1.29, 1.82) is 0 Å². The highest BCUT2D eigenvalue weighted by molar-refractivity contribution is 5.71. The Bertz CT molecular complexity index is 701. The SMILES string of the molecule is Cc1cccc([C@H](C)c2nccn2C(=O)OCCC2CC2)c1C. The van der Waals surface area contributed by atoms with E-state index in [4.69, 9.17) is 4.74 Å². The fourth-order valence-electron chi connectivity index (χ4n) is 2.96. The molecule has 0 unspecified atom stereocenters. The first-order valence-corrected chi connectivity index (χ1v) is 8.34. The number of ether oxygens (including phenoxy) is 1. The monoisotopic (exact) mass is 312 g/mol. The van der Waals surface area contributed by atoms with Crippen LogP contribution in [-0.4, -0.2) is 22.3 Å². The molecule has 1 saturated carbocycles. The van der Waals surface area contributed by atoms with Crippen molar-refractivity contribution < 1.29 is 9.53 Å². The van der Waals surface area contributed by atoms with Crippen LogP contribution in [0.1, 0.15) is 54.6 Å². The summed E-state index contributed by atoms with van der Waals surface area (Å²) in [4.78, 5) is 16.7. The van der Waals surface area contributed by atoms with E-state index in [2.05, 4.69) is 44.0 Å². The molecule has 0 spiro atoms. The minimum Gasteiger partial charge on any atom is -0.449 e. The minimum atomic E-state index is -0.324. The number of aryl methyl sites for hydroxylation is 1. The predicted octanol–water partition coefficient (Wildman–Crippen LogP) is 4.44. The van der Waals surface area contributed by atoms with E-state index in [1.54, 1.807) is 17.0 Å². The second kappa shape index (κ2) is 6.57. The normalized spacial score (nSPS) is 15.4. The molecule has 1 aliphatic carbocycles. The van der Waals surface area contributed by atoms with E-state index in [1.807, 2.05) is 0 Å². The van der Waals surface area contributed by atoms with Gasteiger partial charge in [-0.25, -0.2) is 14.3 Å². The molecule has 3 rings (SSSR count). The van der Waals surface area contributed by atoms with E-state index in [9.17, 15) is 4.79 Å². The maximum Gasteiger partial charge on any atom is 0.419 e. The molecule has 0 saturated heterocycles. The predicted molar refractivity (Wildman–Crippen MR) is 89.7 cm³/mol. The smallest absolute Gasteiger partial charge is 0.419 e. The molecule has 0 N–H and O–H groups in total. The third-order valence-electron chi connectivity index (χ3n) is 4.81. The molecule has 4 nitrogen and oxygen atoms in total. The molecule has 122 valence electrons. The summed E-state index contributed by atoms with van der Waals surface area (Å²) < 4.78 is 6.94. The summed E-state index contributed by atoms with van der Waals surface area (Å²) in [6, 6.07) is 6.25. The van der Waals surface area contributed by atoms with Crippen molar-refractivity contribution in [2.45, 2.75) is 46.0 Å². The van der Waals surface area contributed by atoms with E-state index in [-0.39, 0.29) is 12.0 Å². The Morgan fingerprint density at radius 2 is 2.17 bits per heavy atom. The Labute approximate surface area is 137 Å². The Hall–Kier alpha value is -2.10. The number of hydrogen-bond donors (Lipinski definition) is 0. The van der Waals surface area contributed by atoms with Gasteiger partial charge in [-0.15, -0.1) is 0 Å². The van der Waals surface area contributed by atoms with Gasteiger partial charge in [-0.05, 0) is 42.9 Å². The molecule has 0 radical (unpaired) electrons. The summed E-state index contributed by atoms with van der Waals surface area (Å²) >= 11 is 0. The number of carbonyl (C=O) groups is 1. The van der Waals surface area contributed by atoms with E-state index in [1.165, 1.54) is 29.5 Å². The summed E-state index contributed by atoms with van der Waals surface area (Å²) in [6.45, 7) is 6.80. The van der Waals surface area contributed by atoms with Crippen LogP contribution in [0.25, 0.3) is 0 Å². The van der Waals surface area contributed by atoms with Crippen LogP contribution in [0.5, 0.6) is 0 Å². The molecule has 0 amide bonds. The molecule has 1 aromatic carbocycles. The Balaban J connectivity index is 1.76. The summed E-state index contributed by atoms with van der Waals surface area (Å²) in [6.07, 6.45) is 6.56.